The van der Waals surface area contributed by atoms with E-state index in [4.69, 9.17) is 17.0 Å². The molecule has 7 nitrogen and oxygen atoms in total. The van der Waals surface area contributed by atoms with Crippen LogP contribution in [0.3, 0.4) is 0 Å². The Morgan fingerprint density at radius 2 is 2.00 bits per heavy atom. The summed E-state index contributed by atoms with van der Waals surface area (Å²) in [5, 5.41) is 0. The van der Waals surface area contributed by atoms with Crippen LogP contribution in [0.1, 0.15) is 13.8 Å². The zero-order chi connectivity index (χ0) is 21.2. The van der Waals surface area contributed by atoms with Gasteiger partial charge in [-0.15, -0.1) is 0 Å². The van der Waals surface area contributed by atoms with Crippen LogP contribution in [0.5, 0.6) is 5.75 Å². The van der Waals surface area contributed by atoms with Crippen LogP contribution < -0.4 is 39.2 Å². The zero-order valence-corrected chi connectivity index (χ0v) is 21.3. The van der Waals surface area contributed by atoms with Gasteiger partial charge in [0.15, 0.2) is 5.75 Å². The summed E-state index contributed by atoms with van der Waals surface area (Å²) in [6, 6.07) is 7.17. The number of ether oxygens (including phenoxy) is 1. The number of anilines is 1. The zero-order valence-electron chi connectivity index (χ0n) is 16.8. The van der Waals surface area contributed by atoms with Crippen molar-refractivity contribution in [2.45, 2.75) is 13.8 Å². The first-order chi connectivity index (χ1) is 13.7. The molecule has 30 heavy (non-hydrogen) atoms. The van der Waals surface area contributed by atoms with Crippen molar-refractivity contribution in [3.05, 3.63) is 58.9 Å². The number of fused-ring (bicyclic) bond motifs is 1. The van der Waals surface area contributed by atoms with E-state index in [1.807, 2.05) is 13.8 Å². The van der Waals surface area contributed by atoms with Crippen molar-refractivity contribution in [3.8, 4) is 5.75 Å². The van der Waals surface area contributed by atoms with Gasteiger partial charge < -0.3 is 14.2 Å². The molecule has 0 bridgehead atoms. The smallest absolute Gasteiger partial charge is 0.748 e. The van der Waals surface area contributed by atoms with Crippen molar-refractivity contribution in [1.29, 1.82) is 0 Å². The average Bonchev–Trinajstić information content (AvgIpc) is 3.14. The second-order valence-electron chi connectivity index (χ2n) is 6.32. The SMILES string of the molecule is CCN1C(=O)\C(=C/C(C)=C/C=C2\Oc3ccccc3N2CCS(=O)(=O)[O-])SC1=S.[Na+]. The van der Waals surface area contributed by atoms with E-state index in [1.54, 1.807) is 52.3 Å². The van der Waals surface area contributed by atoms with Crippen LogP contribution in [-0.2, 0) is 14.9 Å². The van der Waals surface area contributed by atoms with E-state index in [2.05, 4.69) is 0 Å². The molecule has 0 unspecified atom stereocenters. The van der Waals surface area contributed by atoms with Gasteiger partial charge in [0.05, 0.1) is 26.5 Å². The largest absolute Gasteiger partial charge is 1.00 e. The number of hydrogen-bond donors (Lipinski definition) is 0. The number of thioether (sulfide) groups is 1. The summed E-state index contributed by atoms with van der Waals surface area (Å²) in [7, 11) is -4.36. The summed E-state index contributed by atoms with van der Waals surface area (Å²) in [6.07, 6.45) is 5.20. The van der Waals surface area contributed by atoms with E-state index in [-0.39, 0.29) is 42.0 Å². The molecule has 1 amide bonds. The van der Waals surface area contributed by atoms with Crippen LogP contribution in [0.15, 0.2) is 58.9 Å². The minimum Gasteiger partial charge on any atom is -0.748 e. The first-order valence-electron chi connectivity index (χ1n) is 8.81. The number of carbonyl (C=O) groups is 1. The summed E-state index contributed by atoms with van der Waals surface area (Å²) >= 11 is 6.47. The van der Waals surface area contributed by atoms with Gasteiger partial charge in [0.25, 0.3) is 5.91 Å². The van der Waals surface area contributed by atoms with Crippen LogP contribution >= 0.6 is 24.0 Å². The first-order valence-corrected chi connectivity index (χ1v) is 11.6. The molecule has 2 aliphatic rings. The molecular weight excluding hydrogens is 455 g/mol. The molecule has 0 aliphatic carbocycles. The Hall–Kier alpha value is -1.14. The van der Waals surface area contributed by atoms with Gasteiger partial charge >= 0.3 is 29.6 Å². The molecule has 1 aromatic rings. The minimum atomic E-state index is -4.36. The van der Waals surface area contributed by atoms with E-state index in [1.165, 1.54) is 11.8 Å². The summed E-state index contributed by atoms with van der Waals surface area (Å²) < 4.78 is 39.5. The number of para-hydroxylation sites is 2. The Balaban J connectivity index is 0.00000320. The van der Waals surface area contributed by atoms with Crippen molar-refractivity contribution in [2.24, 2.45) is 0 Å². The Morgan fingerprint density at radius 3 is 2.63 bits per heavy atom. The van der Waals surface area contributed by atoms with Gasteiger partial charge in [-0.05, 0) is 43.7 Å². The summed E-state index contributed by atoms with van der Waals surface area (Å²) in [6.45, 7) is 4.21. The Labute approximate surface area is 207 Å². The molecule has 1 fully saturated rings. The number of carbonyl (C=O) groups excluding carboxylic acids is 1. The predicted octanol–water partition coefficient (Wildman–Crippen LogP) is -0.0136. The second kappa shape index (κ2) is 10.4. The van der Waals surface area contributed by atoms with Gasteiger partial charge in [-0.2, -0.15) is 0 Å². The van der Waals surface area contributed by atoms with Crippen molar-refractivity contribution in [1.82, 2.24) is 4.90 Å². The molecule has 0 N–H and O–H groups in total. The second-order valence-corrected chi connectivity index (χ2v) is 9.52. The molecule has 0 spiro atoms. The maximum absolute atomic E-state index is 12.3. The maximum atomic E-state index is 12.3. The molecule has 1 saturated heterocycles. The molecule has 0 aromatic heterocycles. The van der Waals surface area contributed by atoms with Crippen LogP contribution in [0, 0.1) is 0 Å². The molecule has 2 aliphatic heterocycles. The number of nitrogens with zero attached hydrogens (tertiary/aromatic N) is 2. The molecule has 0 saturated carbocycles. The van der Waals surface area contributed by atoms with E-state index in [0.29, 0.717) is 33.1 Å². The number of thiocarbonyl (C=S) groups is 1. The van der Waals surface area contributed by atoms with Crippen molar-refractivity contribution < 1.29 is 52.1 Å². The Morgan fingerprint density at radius 1 is 1.30 bits per heavy atom. The molecule has 1 aromatic carbocycles. The third-order valence-electron chi connectivity index (χ3n) is 4.24. The van der Waals surface area contributed by atoms with E-state index >= 15 is 0 Å². The quantitative estimate of drug-likeness (QED) is 0.246. The molecule has 0 atom stereocenters. The number of amides is 1. The Bertz CT molecular complexity index is 1050. The third kappa shape index (κ3) is 5.97. The average molecular weight is 475 g/mol. The standard InChI is InChI=1S/C19H20N2O5S3.Na/c1-3-20-18(22)16(28-19(20)27)12-13(2)8-9-17-21(10-11-29(23,24)25)14-6-4-5-7-15(14)26-17;/h4-9,12H,3,10-11H2,1-2H3,(H,23,24,25);/q;+1/p-1/b13-8+,16-12+,17-9-;. The number of likely N-dealkylation sites (N-methyl/N-ethyl adjacent to an activating group) is 1. The predicted molar refractivity (Wildman–Crippen MR) is 116 cm³/mol. The normalized spacial score (nSPS) is 19.4. The van der Waals surface area contributed by atoms with Crippen LogP contribution in [-0.4, -0.2) is 46.9 Å². The van der Waals surface area contributed by atoms with Gasteiger partial charge in [-0.25, -0.2) is 8.42 Å². The maximum Gasteiger partial charge on any atom is 1.00 e. The number of hydrogen-bond acceptors (Lipinski definition) is 8. The molecule has 11 heteroatoms. The van der Waals surface area contributed by atoms with Gasteiger partial charge in [-0.3, -0.25) is 9.69 Å². The van der Waals surface area contributed by atoms with Crippen molar-refractivity contribution >= 4 is 50.0 Å². The van der Waals surface area contributed by atoms with Gasteiger partial charge in [0.1, 0.15) is 4.32 Å². The molecule has 0 radical (unpaired) electrons. The van der Waals surface area contributed by atoms with E-state index < -0.39 is 15.9 Å². The monoisotopic (exact) mass is 474 g/mol. The molecule has 3 rings (SSSR count). The van der Waals surface area contributed by atoms with Crippen LogP contribution in [0.4, 0.5) is 5.69 Å². The van der Waals surface area contributed by atoms with Crippen LogP contribution in [0.25, 0.3) is 0 Å². The van der Waals surface area contributed by atoms with Crippen molar-refractivity contribution in [2.75, 3.05) is 23.7 Å². The topological polar surface area (TPSA) is 90.0 Å². The molecular formula is C19H19N2NaO5S3. The molecule has 2 heterocycles. The van der Waals surface area contributed by atoms with Crippen molar-refractivity contribution in [3.63, 3.8) is 0 Å². The third-order valence-corrected chi connectivity index (χ3v) is 6.30. The number of allylic oxidation sites excluding steroid dienone is 4. The van der Waals surface area contributed by atoms with Gasteiger partial charge in [0, 0.05) is 13.1 Å². The summed E-state index contributed by atoms with van der Waals surface area (Å²) in [4.78, 5) is 16.0. The molecule has 154 valence electrons. The Kier molecular flexibility index (Phi) is 8.75. The first kappa shape index (κ1) is 25.1. The van der Waals surface area contributed by atoms with E-state index in [0.717, 1.165) is 5.57 Å². The van der Waals surface area contributed by atoms with Crippen LogP contribution in [0.2, 0.25) is 0 Å². The summed E-state index contributed by atoms with van der Waals surface area (Å²) in [5.74, 6) is 0.333. The number of benzene rings is 1. The van der Waals surface area contributed by atoms with Gasteiger partial charge in [0.2, 0.25) is 5.88 Å². The van der Waals surface area contributed by atoms with Gasteiger partial charge in [-0.1, -0.05) is 42.2 Å². The summed E-state index contributed by atoms with van der Waals surface area (Å²) in [5.41, 5.74) is 1.49. The fourth-order valence-corrected chi connectivity index (χ4v) is 4.68. The fraction of sp³-hybridized carbons (Fsp3) is 0.263. The number of rotatable bonds is 6. The van der Waals surface area contributed by atoms with E-state index in [9.17, 15) is 17.8 Å². The fourth-order valence-electron chi connectivity index (χ4n) is 2.84. The minimum absolute atomic E-state index is 0.